The van der Waals surface area contributed by atoms with E-state index in [0.29, 0.717) is 17.9 Å². The fourth-order valence-corrected chi connectivity index (χ4v) is 2.55. The molecular weight excluding hydrogens is 330 g/mol. The number of nitrogens with zero attached hydrogens (tertiary/aromatic N) is 3. The Balaban J connectivity index is 1.83. The molecule has 0 saturated carbocycles. The Bertz CT molecular complexity index is 884. The van der Waals surface area contributed by atoms with Crippen molar-refractivity contribution in [1.29, 1.82) is 5.26 Å². The van der Waals surface area contributed by atoms with Crippen molar-refractivity contribution in [3.8, 4) is 6.07 Å². The smallest absolute Gasteiger partial charge is 0.272 e. The third-order valence-corrected chi connectivity index (χ3v) is 3.88. The van der Waals surface area contributed by atoms with E-state index in [4.69, 9.17) is 9.68 Å². The van der Waals surface area contributed by atoms with Gasteiger partial charge in [0.1, 0.15) is 23.6 Å². The first-order valence-electron chi connectivity index (χ1n) is 8.08. The highest BCUT2D eigenvalue weighted by molar-refractivity contribution is 5.92. The second kappa shape index (κ2) is 8.10. The van der Waals surface area contributed by atoms with Crippen molar-refractivity contribution in [2.24, 2.45) is 0 Å². The molecule has 26 heavy (non-hydrogen) atoms. The van der Waals surface area contributed by atoms with Gasteiger partial charge >= 0.3 is 0 Å². The van der Waals surface area contributed by atoms with Gasteiger partial charge in [-0.25, -0.2) is 4.98 Å². The van der Waals surface area contributed by atoms with Crippen LogP contribution in [0.5, 0.6) is 0 Å². The number of amides is 1. The van der Waals surface area contributed by atoms with Crippen molar-refractivity contribution in [3.63, 3.8) is 0 Å². The summed E-state index contributed by atoms with van der Waals surface area (Å²) >= 11 is 0. The Morgan fingerprint density at radius 2 is 2.00 bits per heavy atom. The minimum Gasteiger partial charge on any atom is -0.467 e. The Hall–Kier alpha value is -3.43. The van der Waals surface area contributed by atoms with Crippen LogP contribution in [-0.2, 0) is 6.54 Å². The number of carbonyl (C=O) groups is 1. The molecule has 0 aliphatic heterocycles. The molecule has 1 N–H and O–H groups in total. The van der Waals surface area contributed by atoms with E-state index >= 15 is 0 Å². The summed E-state index contributed by atoms with van der Waals surface area (Å²) in [6.45, 7) is 0.377. The molecule has 3 aromatic rings. The highest BCUT2D eigenvalue weighted by atomic mass is 16.4. The van der Waals surface area contributed by atoms with Crippen LogP contribution in [-0.4, -0.2) is 27.4 Å². The van der Waals surface area contributed by atoms with Crippen LogP contribution in [0.2, 0.25) is 0 Å². The number of aromatic nitrogens is 1. The van der Waals surface area contributed by atoms with Crippen molar-refractivity contribution in [2.75, 3.05) is 6.54 Å². The lowest BCUT2D eigenvalue weighted by Gasteiger charge is -2.24. The minimum absolute atomic E-state index is 0.0585. The normalized spacial score (nSPS) is 11.5. The van der Waals surface area contributed by atoms with E-state index in [1.807, 2.05) is 36.4 Å². The van der Waals surface area contributed by atoms with E-state index in [0.717, 1.165) is 5.56 Å². The zero-order valence-corrected chi connectivity index (χ0v) is 13.9. The molecule has 130 valence electrons. The van der Waals surface area contributed by atoms with Crippen LogP contribution in [0.3, 0.4) is 0 Å². The molecular formula is C20H17N3O3. The van der Waals surface area contributed by atoms with E-state index in [9.17, 15) is 9.90 Å². The van der Waals surface area contributed by atoms with E-state index in [1.165, 1.54) is 23.4 Å². The molecule has 0 fully saturated rings. The van der Waals surface area contributed by atoms with Crippen molar-refractivity contribution < 1.29 is 14.3 Å². The molecule has 2 heterocycles. The SMILES string of the molecule is N#Cc1ccc(C(=O)N(Cc2ccccc2)C[C@H](O)c2ccco2)nc1. The molecule has 1 amide bonds. The van der Waals surface area contributed by atoms with Gasteiger partial charge < -0.3 is 14.4 Å². The van der Waals surface area contributed by atoms with Gasteiger partial charge in [0.25, 0.3) is 5.91 Å². The number of nitriles is 1. The second-order valence-corrected chi connectivity index (χ2v) is 5.75. The Labute approximate surface area is 150 Å². The quantitative estimate of drug-likeness (QED) is 0.740. The van der Waals surface area contributed by atoms with E-state index in [2.05, 4.69) is 4.98 Å². The first kappa shape index (κ1) is 17.4. The van der Waals surface area contributed by atoms with Crippen LogP contribution in [0.4, 0.5) is 0 Å². The first-order valence-corrected chi connectivity index (χ1v) is 8.08. The number of carbonyl (C=O) groups excluding carboxylic acids is 1. The Morgan fingerprint density at radius 1 is 1.19 bits per heavy atom. The monoisotopic (exact) mass is 347 g/mol. The number of aliphatic hydroxyl groups is 1. The summed E-state index contributed by atoms with van der Waals surface area (Å²) < 4.78 is 5.22. The van der Waals surface area contributed by atoms with Crippen molar-refractivity contribution in [1.82, 2.24) is 9.88 Å². The predicted molar refractivity (Wildman–Crippen MR) is 93.8 cm³/mol. The molecule has 1 aromatic carbocycles. The van der Waals surface area contributed by atoms with Crippen molar-refractivity contribution in [3.05, 3.63) is 89.6 Å². The maximum Gasteiger partial charge on any atom is 0.272 e. The molecule has 0 unspecified atom stereocenters. The number of aliphatic hydroxyl groups excluding tert-OH is 1. The average molecular weight is 347 g/mol. The van der Waals surface area contributed by atoms with Crippen LogP contribution >= 0.6 is 0 Å². The molecule has 0 spiro atoms. The average Bonchev–Trinajstić information content (AvgIpc) is 3.23. The molecule has 3 rings (SSSR count). The van der Waals surface area contributed by atoms with Gasteiger partial charge in [0.15, 0.2) is 0 Å². The van der Waals surface area contributed by atoms with Crippen molar-refractivity contribution >= 4 is 5.91 Å². The highest BCUT2D eigenvalue weighted by Crippen LogP contribution is 2.18. The largest absolute Gasteiger partial charge is 0.467 e. The Kier molecular flexibility index (Phi) is 5.42. The highest BCUT2D eigenvalue weighted by Gasteiger charge is 2.22. The lowest BCUT2D eigenvalue weighted by molar-refractivity contribution is 0.0558. The summed E-state index contributed by atoms with van der Waals surface area (Å²) in [5.74, 6) is 0.0626. The number of rotatable bonds is 6. The first-order chi connectivity index (χ1) is 12.7. The molecule has 0 radical (unpaired) electrons. The molecule has 2 aromatic heterocycles. The molecule has 6 heteroatoms. The van der Waals surface area contributed by atoms with E-state index in [-0.39, 0.29) is 18.1 Å². The maximum absolute atomic E-state index is 12.9. The topological polar surface area (TPSA) is 90.4 Å². The van der Waals surface area contributed by atoms with Crippen LogP contribution in [0.1, 0.15) is 33.5 Å². The molecule has 0 saturated heterocycles. The van der Waals surface area contributed by atoms with E-state index in [1.54, 1.807) is 18.2 Å². The summed E-state index contributed by atoms with van der Waals surface area (Å²) in [6.07, 6.45) is 1.89. The van der Waals surface area contributed by atoms with Gasteiger partial charge in [-0.3, -0.25) is 4.79 Å². The van der Waals surface area contributed by atoms with Crippen LogP contribution in [0.15, 0.2) is 71.5 Å². The zero-order valence-electron chi connectivity index (χ0n) is 13.9. The summed E-state index contributed by atoms with van der Waals surface area (Å²) in [6, 6.07) is 17.9. The van der Waals surface area contributed by atoms with Gasteiger partial charge in [-0.05, 0) is 29.8 Å². The van der Waals surface area contributed by atoms with Gasteiger partial charge in [0.05, 0.1) is 18.4 Å². The van der Waals surface area contributed by atoms with Gasteiger partial charge in [0.2, 0.25) is 0 Å². The van der Waals surface area contributed by atoms with Crippen LogP contribution < -0.4 is 0 Å². The molecule has 1 atom stereocenters. The number of benzene rings is 1. The number of furan rings is 1. The van der Waals surface area contributed by atoms with Crippen LogP contribution in [0.25, 0.3) is 0 Å². The third-order valence-electron chi connectivity index (χ3n) is 3.88. The van der Waals surface area contributed by atoms with Gasteiger partial charge in [-0.2, -0.15) is 5.26 Å². The standard InChI is InChI=1S/C20H17N3O3/c21-11-16-8-9-17(22-12-16)20(25)23(13-15-5-2-1-3-6-15)14-18(24)19-7-4-10-26-19/h1-10,12,18,24H,13-14H2/t18-/m0/s1. The second-order valence-electron chi connectivity index (χ2n) is 5.75. The lowest BCUT2D eigenvalue weighted by Crippen LogP contribution is -2.34. The molecule has 0 aliphatic rings. The molecule has 6 nitrogen and oxygen atoms in total. The fraction of sp³-hybridized carbons (Fsp3) is 0.150. The number of hydrogen-bond donors (Lipinski definition) is 1. The summed E-state index contributed by atoms with van der Waals surface area (Å²) in [7, 11) is 0. The lowest BCUT2D eigenvalue weighted by atomic mass is 10.1. The zero-order chi connectivity index (χ0) is 18.4. The maximum atomic E-state index is 12.9. The Morgan fingerprint density at radius 3 is 2.62 bits per heavy atom. The van der Waals surface area contributed by atoms with Crippen LogP contribution in [0, 0.1) is 11.3 Å². The van der Waals surface area contributed by atoms with Gasteiger partial charge in [-0.1, -0.05) is 30.3 Å². The van der Waals surface area contributed by atoms with Gasteiger partial charge in [-0.15, -0.1) is 0 Å². The molecule has 0 bridgehead atoms. The number of pyridine rings is 1. The van der Waals surface area contributed by atoms with Gasteiger partial charge in [0, 0.05) is 12.7 Å². The van der Waals surface area contributed by atoms with Crippen molar-refractivity contribution in [2.45, 2.75) is 12.6 Å². The fourth-order valence-electron chi connectivity index (χ4n) is 2.55. The summed E-state index contributed by atoms with van der Waals surface area (Å²) in [5, 5.41) is 19.3. The summed E-state index contributed by atoms with van der Waals surface area (Å²) in [5.41, 5.74) is 1.53. The number of hydrogen-bond acceptors (Lipinski definition) is 5. The summed E-state index contributed by atoms with van der Waals surface area (Å²) in [4.78, 5) is 18.5. The third kappa shape index (κ3) is 4.15. The predicted octanol–water partition coefficient (Wildman–Crippen LogP) is 2.92. The minimum atomic E-state index is -0.948. The van der Waals surface area contributed by atoms with E-state index < -0.39 is 6.10 Å². The molecule has 0 aliphatic carbocycles.